The second kappa shape index (κ2) is 21.9. The fourth-order valence-electron chi connectivity index (χ4n) is 3.91. The number of pyridine rings is 2. The Labute approximate surface area is 319 Å². The normalized spacial score (nSPS) is 11.6. The lowest BCUT2D eigenvalue weighted by molar-refractivity contribution is 0.0985. The second-order valence-corrected chi connectivity index (χ2v) is 16.2. The van der Waals surface area contributed by atoms with E-state index < -0.39 is 48.2 Å². The number of aryl methyl sites for hydroxylation is 2. The van der Waals surface area contributed by atoms with Gasteiger partial charge in [-0.05, 0) is 90.7 Å². The minimum Gasteiger partial charge on any atom is -0.508 e. The average molecular weight is 840 g/mol. The van der Waals surface area contributed by atoms with Crippen LogP contribution in [0.4, 0.5) is 0 Å². The van der Waals surface area contributed by atoms with Crippen molar-refractivity contribution in [2.75, 3.05) is 18.3 Å². The van der Waals surface area contributed by atoms with Gasteiger partial charge >= 0.3 is 11.6 Å². The summed E-state index contributed by atoms with van der Waals surface area (Å²) in [5, 5.41) is 18.4. The first-order chi connectivity index (χ1) is 23.8. The molecule has 19 heteroatoms. The maximum atomic E-state index is 12.5. The molecule has 2 atom stereocenters. The number of Topliss-reactive ketones (excluding diaryl/α,β-unsaturated/α-hetero) is 1. The number of phenolic OH excluding ortho intramolecular Hbond substituents is 2. The van der Waals surface area contributed by atoms with Gasteiger partial charge in [0.2, 0.25) is 0 Å². The molecule has 0 saturated carbocycles. The second-order valence-electron chi connectivity index (χ2n) is 9.97. The minimum atomic E-state index is -3.52. The third-order valence-corrected chi connectivity index (χ3v) is 10.7. The Hall–Kier alpha value is -3.38. The van der Waals surface area contributed by atoms with E-state index in [1.165, 1.54) is 25.1 Å². The van der Waals surface area contributed by atoms with Gasteiger partial charge in [-0.15, -0.1) is 0 Å². The zero-order valence-corrected chi connectivity index (χ0v) is 33.3. The van der Waals surface area contributed by atoms with Crippen molar-refractivity contribution in [2.24, 2.45) is 0 Å². The van der Waals surface area contributed by atoms with Crippen molar-refractivity contribution in [1.82, 2.24) is 9.97 Å². The van der Waals surface area contributed by atoms with Crippen LogP contribution in [0.5, 0.6) is 11.5 Å². The summed E-state index contributed by atoms with van der Waals surface area (Å²) >= 11 is 15.9. The molecular weight excluding hydrogens is 807 g/mol. The van der Waals surface area contributed by atoms with Crippen LogP contribution >= 0.6 is 34.8 Å². The highest BCUT2D eigenvalue weighted by Crippen LogP contribution is 2.24. The van der Waals surface area contributed by atoms with Gasteiger partial charge < -0.3 is 10.2 Å². The highest BCUT2D eigenvalue weighted by molar-refractivity contribution is 7.91. The average Bonchev–Trinajstić information content (AvgIpc) is 3.07. The lowest BCUT2D eigenvalue weighted by Gasteiger charge is -2.09. The topological polar surface area (TPSA) is 203 Å². The quantitative estimate of drug-likeness (QED) is 0.116. The number of rotatable bonds is 9. The van der Waals surface area contributed by atoms with E-state index in [4.69, 9.17) is 48.3 Å². The molecule has 4 rings (SSSR count). The van der Waals surface area contributed by atoms with E-state index in [0.29, 0.717) is 22.6 Å². The number of aromatic hydroxyl groups is 2. The third-order valence-electron chi connectivity index (χ3n) is 6.55. The fraction of sp³-hybridized carbons (Fsp3) is 0.250. The van der Waals surface area contributed by atoms with Gasteiger partial charge in [0, 0.05) is 55.9 Å². The predicted octanol–water partition coefficient (Wildman–Crippen LogP) is 5.84. The van der Waals surface area contributed by atoms with Crippen molar-refractivity contribution in [3.05, 3.63) is 99.0 Å². The zero-order valence-electron chi connectivity index (χ0n) is 27.7. The smallest absolute Gasteiger partial charge is 0.335 e. The number of ketones is 1. The molecule has 0 aliphatic rings. The highest BCUT2D eigenvalue weighted by atomic mass is 35.5. The first-order valence-electron chi connectivity index (χ1n) is 14.3. The van der Waals surface area contributed by atoms with Gasteiger partial charge in [-0.1, -0.05) is 43.1 Å². The summed E-state index contributed by atoms with van der Waals surface area (Å²) in [6, 6.07) is 15.5. The van der Waals surface area contributed by atoms with Gasteiger partial charge in [-0.25, -0.2) is 18.4 Å². The third kappa shape index (κ3) is 14.6. The molecule has 0 spiro atoms. The molecule has 2 heterocycles. The van der Waals surface area contributed by atoms with E-state index in [-0.39, 0.29) is 50.4 Å². The summed E-state index contributed by atoms with van der Waals surface area (Å²) in [6.45, 7) is 5.18. The van der Waals surface area contributed by atoms with Crippen molar-refractivity contribution >= 4 is 88.8 Å². The van der Waals surface area contributed by atoms with Crippen LogP contribution in [0.2, 0.25) is 10.3 Å². The van der Waals surface area contributed by atoms with E-state index in [1.807, 2.05) is 6.92 Å². The highest BCUT2D eigenvalue weighted by Gasteiger charge is 2.22. The molecule has 2 N–H and O–H groups in total. The Morgan fingerprint density at radius 3 is 1.75 bits per heavy atom. The zero-order chi connectivity index (χ0) is 39.1. The number of hydrogen-bond acceptors (Lipinski definition) is 12. The molecule has 2 aromatic heterocycles. The molecule has 0 fully saturated rings. The number of carbonyl (C=O) groups is 2. The van der Waals surface area contributed by atoms with Crippen molar-refractivity contribution in [3.63, 3.8) is 0 Å². The predicted molar refractivity (Wildman–Crippen MR) is 198 cm³/mol. The molecule has 12 nitrogen and oxygen atoms in total. The lowest BCUT2D eigenvalue weighted by atomic mass is 10.0. The van der Waals surface area contributed by atoms with Crippen molar-refractivity contribution in [3.8, 4) is 11.5 Å². The van der Waals surface area contributed by atoms with Crippen molar-refractivity contribution in [1.29, 1.82) is 0 Å². The minimum absolute atomic E-state index is 0.00243. The van der Waals surface area contributed by atoms with Crippen LogP contribution in [0.25, 0.3) is 0 Å². The number of phenols is 2. The van der Waals surface area contributed by atoms with Gasteiger partial charge in [0.1, 0.15) is 33.2 Å². The van der Waals surface area contributed by atoms with Crippen LogP contribution in [0.15, 0.2) is 75.4 Å². The Morgan fingerprint density at radius 1 is 0.784 bits per heavy atom. The summed E-state index contributed by atoms with van der Waals surface area (Å²) in [5.41, 5.74) is 1.99. The van der Waals surface area contributed by atoms with Gasteiger partial charge in [0.05, 0.1) is 10.6 Å². The largest absolute Gasteiger partial charge is 0.508 e. The van der Waals surface area contributed by atoms with Crippen molar-refractivity contribution in [2.45, 2.75) is 48.3 Å². The first-order valence-corrected chi connectivity index (χ1v) is 20.9. The number of aromatic nitrogens is 2. The maximum absolute atomic E-state index is 12.5. The molecule has 2 unspecified atom stereocenters. The molecular formula is C32H33Cl3N2O10S4. The van der Waals surface area contributed by atoms with E-state index in [1.54, 1.807) is 61.9 Å². The van der Waals surface area contributed by atoms with Crippen LogP contribution < -0.4 is 0 Å². The van der Waals surface area contributed by atoms with Gasteiger partial charge in [0.15, 0.2) is 15.6 Å². The fourth-order valence-corrected chi connectivity index (χ4v) is 6.59. The Bertz CT molecular complexity index is 2070. The van der Waals surface area contributed by atoms with E-state index in [0.717, 1.165) is 16.0 Å². The SMILES string of the molecule is CCS(=O)(=O)c1ccc(Cl)nc1C(=O)Cl.CCc1ccc(Cl)nc1C(=O)Cc1cc(S(C)=O)ccc1O.Cc1cc(S(C)=O)ccc1O.O=S=O. The van der Waals surface area contributed by atoms with Crippen molar-refractivity contribution < 1.29 is 45.1 Å². The van der Waals surface area contributed by atoms with Gasteiger partial charge in [-0.3, -0.25) is 18.0 Å². The Kier molecular flexibility index (Phi) is 19.6. The summed E-state index contributed by atoms with van der Waals surface area (Å²) in [7, 11) is -5.65. The number of carbonyl (C=O) groups excluding carboxylic acids is 2. The number of hydrogen-bond donors (Lipinski definition) is 2. The van der Waals surface area contributed by atoms with E-state index >= 15 is 0 Å². The van der Waals surface area contributed by atoms with Crippen LogP contribution in [-0.4, -0.2) is 74.7 Å². The number of benzene rings is 2. The summed E-state index contributed by atoms with van der Waals surface area (Å²) in [4.78, 5) is 32.3. The number of halogens is 3. The number of nitrogens with zero attached hydrogens (tertiary/aromatic N) is 2. The Balaban J connectivity index is 0.000000389. The molecule has 0 bridgehead atoms. The molecule has 0 amide bonds. The van der Waals surface area contributed by atoms with Gasteiger partial charge in [0.25, 0.3) is 5.24 Å². The molecule has 0 aliphatic carbocycles. The monoisotopic (exact) mass is 838 g/mol. The summed E-state index contributed by atoms with van der Waals surface area (Å²) in [5.74, 6) is -0.108. The van der Waals surface area contributed by atoms with Crippen LogP contribution in [-0.2, 0) is 55.8 Å². The molecule has 276 valence electrons. The maximum Gasteiger partial charge on any atom is 0.335 e. The molecule has 2 aromatic carbocycles. The van der Waals surface area contributed by atoms with Crippen LogP contribution in [0.3, 0.4) is 0 Å². The van der Waals surface area contributed by atoms with E-state index in [9.17, 15) is 31.5 Å². The Morgan fingerprint density at radius 2 is 1.27 bits per heavy atom. The number of sulfone groups is 1. The molecule has 4 aromatic rings. The molecule has 0 aliphatic heterocycles. The van der Waals surface area contributed by atoms with Gasteiger partial charge in [-0.2, -0.15) is 8.42 Å². The lowest BCUT2D eigenvalue weighted by Crippen LogP contribution is -2.10. The first kappa shape index (κ1) is 45.6. The molecule has 0 radical (unpaired) electrons. The molecule has 0 saturated heterocycles. The summed E-state index contributed by atoms with van der Waals surface area (Å²) < 4.78 is 62.1. The molecule has 51 heavy (non-hydrogen) atoms. The summed E-state index contributed by atoms with van der Waals surface area (Å²) in [6.07, 6.45) is 3.81. The van der Waals surface area contributed by atoms with Crippen LogP contribution in [0, 0.1) is 6.92 Å². The standard InChI is InChI=1S/C16H16ClNO3S.C8H7Cl2NO3S.C8H10O2S.O2S/c1-3-10-4-7-15(17)18-16(10)14(20)9-11-8-12(22(2)21)5-6-13(11)19;1-2-15(13,14)5-3-4-6(9)11-7(5)8(10)12;1-6-5-7(11(2)10)3-4-8(6)9;1-3-2/h4-8,19H,3,9H2,1-2H3;3-4H,2H2,1H3;3-5,9H,1-2H3;. The van der Waals surface area contributed by atoms with E-state index in [2.05, 4.69) is 9.97 Å². The van der Waals surface area contributed by atoms with Crippen LogP contribution in [0.1, 0.15) is 51.5 Å².